The third-order valence-corrected chi connectivity index (χ3v) is 7.82. The van der Waals surface area contributed by atoms with E-state index in [1.54, 1.807) is 0 Å². The van der Waals surface area contributed by atoms with Crippen LogP contribution in [0.5, 0.6) is 0 Å². The Morgan fingerprint density at radius 3 is 2.12 bits per heavy atom. The molecule has 1 nitrogen and oxygen atoms in total. The summed E-state index contributed by atoms with van der Waals surface area (Å²) < 4.78 is 0. The van der Waals surface area contributed by atoms with Crippen LogP contribution in [-0.4, -0.2) is 4.98 Å². The van der Waals surface area contributed by atoms with E-state index >= 15 is 0 Å². The summed E-state index contributed by atoms with van der Waals surface area (Å²) in [5.74, 6) is 0.864. The van der Waals surface area contributed by atoms with E-state index in [0.717, 1.165) is 5.69 Å². The van der Waals surface area contributed by atoms with Gasteiger partial charge in [-0.3, -0.25) is 4.98 Å². The van der Waals surface area contributed by atoms with E-state index in [9.17, 15) is 0 Å². The molecule has 1 aromatic heterocycles. The summed E-state index contributed by atoms with van der Waals surface area (Å²) in [7, 11) is 0. The van der Waals surface area contributed by atoms with E-state index in [1.165, 1.54) is 59.8 Å². The van der Waals surface area contributed by atoms with Gasteiger partial charge < -0.3 is 0 Å². The zero-order chi connectivity index (χ0) is 22.2. The molecule has 2 atom stereocenters. The minimum Gasteiger partial charge on any atom is -0.256 e. The number of nitrogens with zero attached hydrogens (tertiary/aromatic N) is 1. The number of rotatable bonds is 1. The molecule has 0 fully saturated rings. The van der Waals surface area contributed by atoms with Gasteiger partial charge in [-0.2, -0.15) is 0 Å². The fourth-order valence-corrected chi connectivity index (χ4v) is 6.31. The van der Waals surface area contributed by atoms with E-state index in [1.807, 2.05) is 6.20 Å². The predicted molar refractivity (Wildman–Crippen MR) is 143 cm³/mol. The lowest BCUT2D eigenvalue weighted by atomic mass is 9.86. The van der Waals surface area contributed by atoms with Crippen LogP contribution < -0.4 is 0 Å². The van der Waals surface area contributed by atoms with Gasteiger partial charge in [-0.15, -0.1) is 0 Å². The van der Waals surface area contributed by atoms with Gasteiger partial charge in [0, 0.05) is 29.0 Å². The Bertz CT molecular complexity index is 1870. The Labute approximate surface area is 197 Å². The van der Waals surface area contributed by atoms with Crippen molar-refractivity contribution in [2.45, 2.75) is 11.8 Å². The Hall–Kier alpha value is -4.23. The van der Waals surface area contributed by atoms with Crippen molar-refractivity contribution in [1.29, 1.82) is 0 Å². The predicted octanol–water partition coefficient (Wildman–Crippen LogP) is 8.67. The van der Waals surface area contributed by atoms with Crippen molar-refractivity contribution in [3.63, 3.8) is 0 Å². The molecular weight excluding hydrogens is 410 g/mol. The summed E-state index contributed by atoms with van der Waals surface area (Å²) in [5.41, 5.74) is 5.15. The molecule has 0 spiro atoms. The summed E-state index contributed by atoms with van der Waals surface area (Å²) in [4.78, 5) is 4.90. The summed E-state index contributed by atoms with van der Waals surface area (Å²) >= 11 is 0. The normalized spacial score (nSPS) is 18.4. The van der Waals surface area contributed by atoms with E-state index in [4.69, 9.17) is 4.98 Å². The first kappa shape index (κ1) is 18.2. The SMILES string of the molecule is C1=CC2c3cccc4c3c(cc3c5ccccc5c(-c5cc6ccccc6cn5)cc43)C2C=C1. The second-order valence-electron chi connectivity index (χ2n) is 9.54. The molecule has 1 heterocycles. The molecule has 0 bridgehead atoms. The van der Waals surface area contributed by atoms with Crippen molar-refractivity contribution in [3.8, 4) is 11.3 Å². The van der Waals surface area contributed by atoms with Gasteiger partial charge in [-0.1, -0.05) is 91.0 Å². The molecule has 5 aromatic carbocycles. The van der Waals surface area contributed by atoms with Gasteiger partial charge in [0.05, 0.1) is 5.69 Å². The highest BCUT2D eigenvalue weighted by atomic mass is 14.7. The second kappa shape index (κ2) is 6.65. The van der Waals surface area contributed by atoms with Gasteiger partial charge >= 0.3 is 0 Å². The molecule has 6 aromatic rings. The number of pyridine rings is 1. The number of allylic oxidation sites excluding steroid dienone is 4. The fraction of sp³-hybridized carbons (Fsp3) is 0.0606. The van der Waals surface area contributed by atoms with Crippen LogP contribution in [0.3, 0.4) is 0 Å². The van der Waals surface area contributed by atoms with Crippen molar-refractivity contribution in [3.05, 3.63) is 127 Å². The van der Waals surface area contributed by atoms with Gasteiger partial charge in [-0.25, -0.2) is 0 Å². The zero-order valence-electron chi connectivity index (χ0n) is 18.6. The quantitative estimate of drug-likeness (QED) is 0.237. The highest BCUT2D eigenvalue weighted by Gasteiger charge is 2.33. The first-order valence-corrected chi connectivity index (χ1v) is 12.0. The number of hydrogen-bond acceptors (Lipinski definition) is 1. The van der Waals surface area contributed by atoms with Crippen molar-refractivity contribution in [2.24, 2.45) is 0 Å². The van der Waals surface area contributed by atoms with Gasteiger partial charge in [0.15, 0.2) is 0 Å². The van der Waals surface area contributed by atoms with Crippen LogP contribution in [0, 0.1) is 0 Å². The average molecular weight is 432 g/mol. The topological polar surface area (TPSA) is 12.9 Å². The van der Waals surface area contributed by atoms with E-state index in [-0.39, 0.29) is 0 Å². The lowest BCUT2D eigenvalue weighted by Gasteiger charge is -2.18. The summed E-state index contributed by atoms with van der Waals surface area (Å²) in [6.07, 6.45) is 11.1. The number of aromatic nitrogens is 1. The number of hydrogen-bond donors (Lipinski definition) is 0. The molecule has 0 amide bonds. The van der Waals surface area contributed by atoms with E-state index < -0.39 is 0 Å². The molecule has 158 valence electrons. The first-order chi connectivity index (χ1) is 16.9. The lowest BCUT2D eigenvalue weighted by molar-refractivity contribution is 0.769. The monoisotopic (exact) mass is 431 g/mol. The molecule has 0 radical (unpaired) electrons. The molecule has 1 heteroatoms. The first-order valence-electron chi connectivity index (χ1n) is 12.0. The largest absolute Gasteiger partial charge is 0.256 e. The molecule has 0 saturated heterocycles. The standard InChI is InChI=1S/C33H21N/c1-2-9-21-19-34-32(16-20(21)8-1)30-17-29-27-15-7-14-26-22-10-3-6-13-25(22)31(33(26)27)18-28(29)23-11-4-5-12-24(23)30/h1-19,22,25H. The maximum absolute atomic E-state index is 4.90. The highest BCUT2D eigenvalue weighted by Crippen LogP contribution is 2.52. The Balaban J connectivity index is 1.52. The van der Waals surface area contributed by atoms with Crippen LogP contribution >= 0.6 is 0 Å². The van der Waals surface area contributed by atoms with Gasteiger partial charge in [0.25, 0.3) is 0 Å². The molecule has 0 saturated carbocycles. The maximum Gasteiger partial charge on any atom is 0.0714 e. The van der Waals surface area contributed by atoms with Crippen molar-refractivity contribution >= 4 is 43.1 Å². The van der Waals surface area contributed by atoms with Crippen LogP contribution in [0.4, 0.5) is 0 Å². The lowest BCUT2D eigenvalue weighted by Crippen LogP contribution is -2.02. The molecule has 0 aliphatic heterocycles. The maximum atomic E-state index is 4.90. The molecular formula is C33H21N. The van der Waals surface area contributed by atoms with Crippen LogP contribution in [0.15, 0.2) is 115 Å². The Morgan fingerprint density at radius 2 is 1.24 bits per heavy atom. The number of benzene rings is 5. The summed E-state index contributed by atoms with van der Waals surface area (Å²) in [6, 6.07) is 31.2. The molecule has 2 aliphatic rings. The van der Waals surface area contributed by atoms with Crippen molar-refractivity contribution in [2.75, 3.05) is 0 Å². The minimum absolute atomic E-state index is 0.426. The van der Waals surface area contributed by atoms with Gasteiger partial charge in [0.1, 0.15) is 0 Å². The van der Waals surface area contributed by atoms with Crippen molar-refractivity contribution in [1.82, 2.24) is 4.98 Å². The average Bonchev–Trinajstić information content (AvgIpc) is 3.23. The van der Waals surface area contributed by atoms with Crippen LogP contribution in [0.1, 0.15) is 23.0 Å². The molecule has 34 heavy (non-hydrogen) atoms. The third-order valence-electron chi connectivity index (χ3n) is 7.82. The van der Waals surface area contributed by atoms with Crippen molar-refractivity contribution < 1.29 is 0 Å². The molecule has 8 rings (SSSR count). The van der Waals surface area contributed by atoms with Crippen LogP contribution in [0.25, 0.3) is 54.3 Å². The Morgan fingerprint density at radius 1 is 0.529 bits per heavy atom. The zero-order valence-corrected chi connectivity index (χ0v) is 18.6. The van der Waals surface area contributed by atoms with Gasteiger partial charge in [-0.05, 0) is 67.0 Å². The fourth-order valence-electron chi connectivity index (χ4n) is 6.31. The third kappa shape index (κ3) is 2.36. The van der Waals surface area contributed by atoms with E-state index in [0.29, 0.717) is 11.8 Å². The molecule has 2 unspecified atom stereocenters. The Kier molecular flexibility index (Phi) is 3.56. The molecule has 0 N–H and O–H groups in total. The smallest absolute Gasteiger partial charge is 0.0714 e. The minimum atomic E-state index is 0.426. The second-order valence-corrected chi connectivity index (χ2v) is 9.54. The molecule has 2 aliphatic carbocycles. The van der Waals surface area contributed by atoms with Crippen LogP contribution in [0.2, 0.25) is 0 Å². The highest BCUT2D eigenvalue weighted by molar-refractivity contribution is 6.22. The number of fused-ring (bicyclic) bond motifs is 8. The van der Waals surface area contributed by atoms with Crippen LogP contribution in [-0.2, 0) is 0 Å². The summed E-state index contributed by atoms with van der Waals surface area (Å²) in [5, 5.41) is 10.4. The van der Waals surface area contributed by atoms with Gasteiger partial charge in [0.2, 0.25) is 0 Å². The van der Waals surface area contributed by atoms with E-state index in [2.05, 4.69) is 109 Å². The summed E-state index contributed by atoms with van der Waals surface area (Å²) in [6.45, 7) is 0.